The molecule has 1 aliphatic rings. The number of rotatable bonds is 3. The number of ether oxygens (including phenoxy) is 1. The Labute approximate surface area is 183 Å². The van der Waals surface area contributed by atoms with Gasteiger partial charge in [-0.25, -0.2) is 4.68 Å². The molecule has 6 heteroatoms. The summed E-state index contributed by atoms with van der Waals surface area (Å²) in [4.78, 5) is 0. The maximum absolute atomic E-state index is 9.81. The molecule has 1 aliphatic heterocycles. The minimum atomic E-state index is -0.842. The lowest BCUT2D eigenvalue weighted by molar-refractivity contribution is 0.228. The third kappa shape index (κ3) is 3.45. The molecule has 0 fully saturated rings. The lowest BCUT2D eigenvalue weighted by atomic mass is 9.90. The van der Waals surface area contributed by atoms with Crippen LogP contribution < -0.4 is 10.5 Å². The van der Waals surface area contributed by atoms with Crippen LogP contribution in [0.25, 0.3) is 11.3 Å². The molecule has 0 spiro atoms. The van der Waals surface area contributed by atoms with E-state index in [1.807, 2.05) is 43.3 Å². The summed E-state index contributed by atoms with van der Waals surface area (Å²) in [5, 5.41) is 14.5. The predicted molar refractivity (Wildman–Crippen MR) is 122 cm³/mol. The molecule has 146 valence electrons. The van der Waals surface area contributed by atoms with Crippen molar-refractivity contribution in [3.63, 3.8) is 0 Å². The standard InChI is InChI=1S/C23H21IN4O/c1-13(2)15-4-6-16(7-5-15)21-19(12-25)22(26)29-23-20(21)14(3)27-28(23)18-10-8-17(24)9-11-18/h4-11,13,22H,26H2,1-3H3. The summed E-state index contributed by atoms with van der Waals surface area (Å²) >= 11 is 2.27. The van der Waals surface area contributed by atoms with Crippen LogP contribution in [0, 0.1) is 21.8 Å². The molecule has 5 nitrogen and oxygen atoms in total. The van der Waals surface area contributed by atoms with Crippen molar-refractivity contribution in [3.05, 3.63) is 80.1 Å². The van der Waals surface area contributed by atoms with Gasteiger partial charge in [0, 0.05) is 9.14 Å². The average Bonchev–Trinajstić information content (AvgIpc) is 3.03. The Morgan fingerprint density at radius 2 is 1.79 bits per heavy atom. The van der Waals surface area contributed by atoms with Crippen molar-refractivity contribution in [2.75, 3.05) is 0 Å². The average molecular weight is 496 g/mol. The molecule has 3 aromatic rings. The zero-order valence-corrected chi connectivity index (χ0v) is 18.6. The van der Waals surface area contributed by atoms with Gasteiger partial charge in [0.05, 0.1) is 22.5 Å². The normalized spacial score (nSPS) is 15.8. The number of nitrogens with zero attached hydrogens (tertiary/aromatic N) is 3. The molecule has 0 bridgehead atoms. The Hall–Kier alpha value is -2.63. The number of halogens is 1. The van der Waals surface area contributed by atoms with Gasteiger partial charge in [-0.05, 0) is 70.8 Å². The van der Waals surface area contributed by atoms with E-state index < -0.39 is 6.23 Å². The lowest BCUT2D eigenvalue weighted by Crippen LogP contribution is -2.33. The highest BCUT2D eigenvalue weighted by Gasteiger charge is 2.33. The summed E-state index contributed by atoms with van der Waals surface area (Å²) in [5.74, 6) is 1.00. The zero-order chi connectivity index (χ0) is 20.7. The summed E-state index contributed by atoms with van der Waals surface area (Å²) < 4.78 is 8.88. The first-order valence-electron chi connectivity index (χ1n) is 9.43. The lowest BCUT2D eigenvalue weighted by Gasteiger charge is -2.25. The first kappa shape index (κ1) is 19.7. The number of hydrogen-bond donors (Lipinski definition) is 1. The molecule has 2 aromatic carbocycles. The molecule has 1 atom stereocenters. The van der Waals surface area contributed by atoms with Gasteiger partial charge in [-0.15, -0.1) is 0 Å². The largest absolute Gasteiger partial charge is 0.453 e. The molecular weight excluding hydrogens is 475 g/mol. The van der Waals surface area contributed by atoms with Gasteiger partial charge < -0.3 is 4.74 Å². The van der Waals surface area contributed by atoms with E-state index in [-0.39, 0.29) is 0 Å². The molecule has 0 amide bonds. The third-order valence-corrected chi connectivity index (χ3v) is 5.84. The number of nitrogens with two attached hydrogens (primary N) is 1. The van der Waals surface area contributed by atoms with Gasteiger partial charge in [-0.1, -0.05) is 38.1 Å². The van der Waals surface area contributed by atoms with E-state index in [4.69, 9.17) is 15.6 Å². The summed E-state index contributed by atoms with van der Waals surface area (Å²) in [7, 11) is 0. The van der Waals surface area contributed by atoms with Crippen LogP contribution in [0.3, 0.4) is 0 Å². The van der Waals surface area contributed by atoms with Crippen molar-refractivity contribution in [1.29, 1.82) is 5.26 Å². The molecule has 0 radical (unpaired) electrons. The fourth-order valence-electron chi connectivity index (χ4n) is 3.57. The number of aromatic nitrogens is 2. The third-order valence-electron chi connectivity index (χ3n) is 5.12. The van der Waals surface area contributed by atoms with Crippen molar-refractivity contribution in [1.82, 2.24) is 9.78 Å². The Bertz CT molecular complexity index is 1140. The van der Waals surface area contributed by atoms with Crippen molar-refractivity contribution in [3.8, 4) is 17.6 Å². The highest BCUT2D eigenvalue weighted by molar-refractivity contribution is 14.1. The van der Waals surface area contributed by atoms with Gasteiger partial charge in [-0.3, -0.25) is 5.73 Å². The Morgan fingerprint density at radius 1 is 1.14 bits per heavy atom. The molecule has 0 aliphatic carbocycles. The fourth-order valence-corrected chi connectivity index (χ4v) is 3.93. The number of aryl methyl sites for hydroxylation is 1. The second kappa shape index (κ2) is 7.65. The van der Waals surface area contributed by atoms with Crippen LogP contribution in [0.15, 0.2) is 54.1 Å². The van der Waals surface area contributed by atoms with Crippen LogP contribution in [-0.4, -0.2) is 16.0 Å². The Kier molecular flexibility index (Phi) is 5.19. The van der Waals surface area contributed by atoms with Gasteiger partial charge in [0.15, 0.2) is 6.23 Å². The van der Waals surface area contributed by atoms with Crippen molar-refractivity contribution >= 4 is 28.2 Å². The van der Waals surface area contributed by atoms with Crippen molar-refractivity contribution in [2.45, 2.75) is 32.9 Å². The van der Waals surface area contributed by atoms with Crippen LogP contribution in [-0.2, 0) is 0 Å². The summed E-state index contributed by atoms with van der Waals surface area (Å²) in [6, 6.07) is 18.6. The number of benzene rings is 2. The summed E-state index contributed by atoms with van der Waals surface area (Å²) in [6.07, 6.45) is -0.842. The highest BCUT2D eigenvalue weighted by Crippen LogP contribution is 2.42. The van der Waals surface area contributed by atoms with E-state index in [0.717, 1.165) is 31.7 Å². The summed E-state index contributed by atoms with van der Waals surface area (Å²) in [6.45, 7) is 6.25. The van der Waals surface area contributed by atoms with E-state index in [9.17, 15) is 5.26 Å². The minimum Gasteiger partial charge on any atom is -0.453 e. The van der Waals surface area contributed by atoms with E-state index in [1.165, 1.54) is 5.56 Å². The van der Waals surface area contributed by atoms with Gasteiger partial charge in [0.1, 0.15) is 6.07 Å². The van der Waals surface area contributed by atoms with Gasteiger partial charge >= 0.3 is 0 Å². The van der Waals surface area contributed by atoms with E-state index in [2.05, 4.69) is 54.6 Å². The first-order chi connectivity index (χ1) is 13.9. The molecule has 0 saturated carbocycles. The van der Waals surface area contributed by atoms with E-state index >= 15 is 0 Å². The van der Waals surface area contributed by atoms with Crippen LogP contribution in [0.1, 0.15) is 42.1 Å². The second-order valence-electron chi connectivity index (χ2n) is 7.37. The monoisotopic (exact) mass is 496 g/mol. The van der Waals surface area contributed by atoms with Gasteiger partial charge in [-0.2, -0.15) is 10.4 Å². The molecule has 2 N–H and O–H groups in total. The fraction of sp³-hybridized carbons (Fsp3) is 0.217. The molecule has 1 unspecified atom stereocenters. The smallest absolute Gasteiger partial charge is 0.226 e. The predicted octanol–water partition coefficient (Wildman–Crippen LogP) is 4.91. The molecule has 1 aromatic heterocycles. The molecule has 29 heavy (non-hydrogen) atoms. The van der Waals surface area contributed by atoms with Crippen LogP contribution in [0.4, 0.5) is 0 Å². The number of hydrogen-bond acceptors (Lipinski definition) is 4. The maximum Gasteiger partial charge on any atom is 0.226 e. The van der Waals surface area contributed by atoms with Gasteiger partial charge in [0.2, 0.25) is 5.88 Å². The van der Waals surface area contributed by atoms with E-state index in [0.29, 0.717) is 17.4 Å². The van der Waals surface area contributed by atoms with E-state index in [1.54, 1.807) is 4.68 Å². The minimum absolute atomic E-state index is 0.417. The van der Waals surface area contributed by atoms with Crippen LogP contribution in [0.2, 0.25) is 0 Å². The number of nitriles is 1. The zero-order valence-electron chi connectivity index (χ0n) is 16.5. The van der Waals surface area contributed by atoms with Crippen LogP contribution >= 0.6 is 22.6 Å². The molecular formula is C23H21IN4O. The SMILES string of the molecule is Cc1nn(-c2ccc(I)cc2)c2c1C(c1ccc(C(C)C)cc1)=C(C#N)C(N)O2. The Morgan fingerprint density at radius 3 is 2.38 bits per heavy atom. The van der Waals surface area contributed by atoms with Crippen LogP contribution in [0.5, 0.6) is 5.88 Å². The number of fused-ring (bicyclic) bond motifs is 1. The maximum atomic E-state index is 9.81. The quantitative estimate of drug-likeness (QED) is 0.523. The second-order valence-corrected chi connectivity index (χ2v) is 8.62. The molecule has 2 heterocycles. The molecule has 4 rings (SSSR count). The first-order valence-corrected chi connectivity index (χ1v) is 10.5. The topological polar surface area (TPSA) is 76.9 Å². The van der Waals surface area contributed by atoms with Crippen molar-refractivity contribution < 1.29 is 4.74 Å². The Balaban J connectivity index is 1.92. The van der Waals surface area contributed by atoms with Crippen molar-refractivity contribution in [2.24, 2.45) is 5.73 Å². The molecule has 0 saturated heterocycles. The highest BCUT2D eigenvalue weighted by atomic mass is 127. The van der Waals surface area contributed by atoms with Gasteiger partial charge in [0.25, 0.3) is 0 Å². The summed E-state index contributed by atoms with van der Waals surface area (Å²) in [5.41, 5.74) is 12.1.